The van der Waals surface area contributed by atoms with Crippen LogP contribution in [0.1, 0.15) is 41.5 Å². The van der Waals surface area contributed by atoms with Crippen molar-refractivity contribution in [3.05, 3.63) is 119 Å². The second-order valence-electron chi connectivity index (χ2n) is 12.2. The number of phenols is 1. The van der Waals surface area contributed by atoms with E-state index in [1.54, 1.807) is 57.2 Å². The van der Waals surface area contributed by atoms with Gasteiger partial charge >= 0.3 is 25.8 Å². The molecule has 0 amide bonds. The molecule has 0 aromatic heterocycles. The van der Waals surface area contributed by atoms with Crippen LogP contribution in [0.5, 0.6) is 23.0 Å². The molecule has 352 valence electrons. The molecule has 12 nitrogen and oxygen atoms in total. The molecule has 0 aliphatic heterocycles. The second-order valence-corrected chi connectivity index (χ2v) is 18.1. The number of hydrogen-bond acceptors (Lipinski definition) is 11. The molecule has 0 aliphatic carbocycles. The van der Waals surface area contributed by atoms with Crippen LogP contribution in [0.4, 0.5) is 43.9 Å². The smallest absolute Gasteiger partial charge is 0.503 e. The van der Waals surface area contributed by atoms with Gasteiger partial charge in [-0.05, 0) is 65.8 Å². The SMILES string of the molecule is CC(C)OC(=O)[C@H](C)N.CC(C)OC(=O)[C@H](C)N[P@](=O)(Oc1ccccc1)Oc1c(F)c(F)c(F)c(F)c1F.Cl.O=P(Cl)(Cl)Oc1ccccc1.Oc1c(F)c(F)c(F)c(F)c1F. The minimum atomic E-state index is -4.91. The van der Waals surface area contributed by atoms with Gasteiger partial charge in [0.05, 0.1) is 12.2 Å². The number of aromatic hydroxyl groups is 1. The molecular formula is C36H37Cl3F10N2O10P2. The zero-order valence-corrected chi connectivity index (χ0v) is 37.2. The van der Waals surface area contributed by atoms with E-state index in [2.05, 4.69) is 14.1 Å². The fourth-order valence-corrected chi connectivity index (χ4v) is 6.01. The number of hydrogen-bond donors (Lipinski definition) is 3. The number of nitrogens with one attached hydrogen (secondary N) is 1. The first-order valence-electron chi connectivity index (χ1n) is 17.0. The van der Waals surface area contributed by atoms with E-state index in [1.165, 1.54) is 45.0 Å². The van der Waals surface area contributed by atoms with Crippen molar-refractivity contribution in [2.75, 3.05) is 0 Å². The van der Waals surface area contributed by atoms with E-state index in [1.807, 2.05) is 0 Å². The summed E-state index contributed by atoms with van der Waals surface area (Å²) in [7, 11) is -4.91. The van der Waals surface area contributed by atoms with E-state index in [0.29, 0.717) is 5.75 Å². The highest BCUT2D eigenvalue weighted by molar-refractivity contribution is 8.05. The normalized spacial score (nSPS) is 12.6. The topological polar surface area (TPSA) is 173 Å². The molecule has 4 rings (SSSR count). The quantitative estimate of drug-likeness (QED) is 0.0404. The predicted molar refractivity (Wildman–Crippen MR) is 212 cm³/mol. The lowest BCUT2D eigenvalue weighted by Gasteiger charge is -2.24. The second kappa shape index (κ2) is 26.4. The molecule has 0 spiro atoms. The lowest BCUT2D eigenvalue weighted by atomic mass is 10.3. The monoisotopic (exact) mass is 1010 g/mol. The number of para-hydroxylation sites is 2. The van der Waals surface area contributed by atoms with Gasteiger partial charge in [-0.25, -0.2) is 35.5 Å². The minimum absolute atomic E-state index is 0. The molecule has 4 aromatic carbocycles. The summed E-state index contributed by atoms with van der Waals surface area (Å²) in [5.41, 5.74) is 5.21. The van der Waals surface area contributed by atoms with E-state index in [4.69, 9.17) is 47.3 Å². The van der Waals surface area contributed by atoms with Gasteiger partial charge in [0.2, 0.25) is 63.9 Å². The summed E-state index contributed by atoms with van der Waals surface area (Å²) < 4.78 is 177. The van der Waals surface area contributed by atoms with Crippen molar-refractivity contribution in [3.8, 4) is 23.0 Å². The summed E-state index contributed by atoms with van der Waals surface area (Å²) in [6.45, 7) is 9.44. The molecule has 0 aliphatic rings. The van der Waals surface area contributed by atoms with Gasteiger partial charge in [-0.15, -0.1) is 12.4 Å². The van der Waals surface area contributed by atoms with Gasteiger partial charge < -0.3 is 33.9 Å². The lowest BCUT2D eigenvalue weighted by molar-refractivity contribution is -0.149. The molecule has 4 aromatic rings. The molecule has 63 heavy (non-hydrogen) atoms. The molecule has 3 atom stereocenters. The van der Waals surface area contributed by atoms with Gasteiger partial charge in [0.1, 0.15) is 23.6 Å². The van der Waals surface area contributed by atoms with Crippen LogP contribution in [-0.2, 0) is 28.2 Å². The van der Waals surface area contributed by atoms with Crippen LogP contribution in [0, 0.1) is 58.2 Å². The van der Waals surface area contributed by atoms with Crippen molar-refractivity contribution in [3.63, 3.8) is 0 Å². The Bertz CT molecular complexity index is 2100. The maximum Gasteiger partial charge on any atom is 0.513 e. The fourth-order valence-electron chi connectivity index (χ4n) is 3.64. The Hall–Kier alpha value is -4.43. The summed E-state index contributed by atoms with van der Waals surface area (Å²) in [6.07, 6.45) is -4.06. The highest BCUT2D eigenvalue weighted by atomic mass is 35.9. The lowest BCUT2D eigenvalue weighted by Crippen LogP contribution is -2.37. The predicted octanol–water partition coefficient (Wildman–Crippen LogP) is 11.3. The Morgan fingerprint density at radius 1 is 0.571 bits per heavy atom. The summed E-state index contributed by atoms with van der Waals surface area (Å²) in [5, 5.41) is 10.4. The molecule has 0 bridgehead atoms. The van der Waals surface area contributed by atoms with Crippen LogP contribution >= 0.6 is 48.7 Å². The van der Waals surface area contributed by atoms with Crippen molar-refractivity contribution in [2.45, 2.75) is 65.8 Å². The van der Waals surface area contributed by atoms with E-state index in [-0.39, 0.29) is 30.2 Å². The van der Waals surface area contributed by atoms with Crippen molar-refractivity contribution in [2.24, 2.45) is 5.73 Å². The third kappa shape index (κ3) is 19.5. The fraction of sp³-hybridized carbons (Fsp3) is 0.278. The van der Waals surface area contributed by atoms with Gasteiger partial charge in [-0.3, -0.25) is 9.59 Å². The Morgan fingerprint density at radius 2 is 0.905 bits per heavy atom. The summed E-state index contributed by atoms with van der Waals surface area (Å²) >= 11 is 10.3. The van der Waals surface area contributed by atoms with Gasteiger partial charge in [0.25, 0.3) is 0 Å². The number of nitrogens with two attached hydrogens (primary N) is 1. The molecular weight excluding hydrogens is 979 g/mol. The van der Waals surface area contributed by atoms with Gasteiger partial charge in [-0.1, -0.05) is 36.4 Å². The van der Waals surface area contributed by atoms with Crippen molar-refractivity contribution < 1.29 is 90.8 Å². The van der Waals surface area contributed by atoms with Crippen LogP contribution < -0.4 is 24.4 Å². The standard InChI is InChI=1S/C18H17F5NO5P.C6H5Cl2O2P.C6HF5O.C6H13NO2.ClH/c1-9(2)27-18(25)10(3)24-30(26,28-11-7-5-4-6-8-11)29-17-15(22)13(20)12(19)14(21)16(17)23;7-11(8,9)10-6-4-2-1-3-5-6;7-1-2(8)4(10)6(12)5(11)3(1)9;1-4(2)9-6(8)5(3)7;/h4-10H,1-3H3,(H,24,26);1-5H;12H;4-5H,7H2,1-3H3;1H/t10-,30-;;;5-;/m0..0./s1. The zero-order chi connectivity index (χ0) is 47.9. The highest BCUT2D eigenvalue weighted by Crippen LogP contribution is 2.57. The summed E-state index contributed by atoms with van der Waals surface area (Å²) in [6, 6.07) is 13.7. The number of carbonyl (C=O) groups is 2. The molecule has 0 heterocycles. The number of esters is 2. The number of ether oxygens (including phenoxy) is 2. The largest absolute Gasteiger partial charge is 0.513 e. The first-order valence-corrected chi connectivity index (χ1v) is 22.0. The van der Waals surface area contributed by atoms with Crippen LogP contribution in [0.3, 0.4) is 0 Å². The maximum atomic E-state index is 14.0. The summed E-state index contributed by atoms with van der Waals surface area (Å²) in [5.74, 6) is -27.5. The van der Waals surface area contributed by atoms with E-state index in [9.17, 15) is 62.6 Å². The summed E-state index contributed by atoms with van der Waals surface area (Å²) in [4.78, 5) is 22.6. The molecule has 0 radical (unpaired) electrons. The third-order valence-electron chi connectivity index (χ3n) is 6.27. The maximum absolute atomic E-state index is 14.0. The van der Waals surface area contributed by atoms with Crippen molar-refractivity contribution in [1.82, 2.24) is 5.09 Å². The van der Waals surface area contributed by atoms with Crippen molar-refractivity contribution in [1.29, 1.82) is 0 Å². The Balaban J connectivity index is 0.000000951. The number of benzene rings is 4. The van der Waals surface area contributed by atoms with Gasteiger partial charge in [0.15, 0.2) is 5.75 Å². The van der Waals surface area contributed by atoms with Crippen LogP contribution in [0.25, 0.3) is 0 Å². The van der Waals surface area contributed by atoms with Crippen LogP contribution in [0.2, 0.25) is 0 Å². The van der Waals surface area contributed by atoms with Gasteiger partial charge in [-0.2, -0.15) is 22.6 Å². The minimum Gasteiger partial charge on any atom is -0.503 e. The van der Waals surface area contributed by atoms with Crippen LogP contribution in [0.15, 0.2) is 60.7 Å². The number of halogens is 13. The molecule has 27 heteroatoms. The van der Waals surface area contributed by atoms with E-state index >= 15 is 0 Å². The highest BCUT2D eigenvalue weighted by Gasteiger charge is 2.38. The molecule has 0 fully saturated rings. The Morgan fingerprint density at radius 3 is 1.24 bits per heavy atom. The number of rotatable bonds is 12. The van der Waals surface area contributed by atoms with E-state index < -0.39 is 108 Å². The number of phenolic OH excluding ortho intramolecular Hbond substituents is 1. The van der Waals surface area contributed by atoms with Gasteiger partial charge in [0, 0.05) is 22.5 Å². The average molecular weight is 1020 g/mol. The first-order chi connectivity index (χ1) is 28.5. The first kappa shape index (κ1) is 58.6. The molecule has 0 saturated carbocycles. The molecule has 4 N–H and O–H groups in total. The van der Waals surface area contributed by atoms with Crippen molar-refractivity contribution >= 4 is 60.6 Å². The zero-order valence-electron chi connectivity index (χ0n) is 33.1. The Labute approximate surface area is 368 Å². The molecule has 0 saturated heterocycles. The average Bonchev–Trinajstić information content (AvgIpc) is 3.19. The third-order valence-corrected chi connectivity index (χ3v) is 8.69. The van der Waals surface area contributed by atoms with Crippen LogP contribution in [-0.4, -0.2) is 41.3 Å². The molecule has 0 unspecified atom stereocenters. The van der Waals surface area contributed by atoms with E-state index in [0.717, 1.165) is 0 Å². The Kier molecular flexibility index (Phi) is 24.5. The number of carbonyl (C=O) groups excluding carboxylic acids is 2.